The van der Waals surface area contributed by atoms with Gasteiger partial charge in [-0.25, -0.2) is 4.68 Å². The zero-order chi connectivity index (χ0) is 20.1. The highest BCUT2D eigenvalue weighted by atomic mass is 19.4. The molecule has 2 aliphatic rings. The van der Waals surface area contributed by atoms with Crippen LogP contribution in [0.15, 0.2) is 18.5 Å². The zero-order valence-electron chi connectivity index (χ0n) is 15.8. The Morgan fingerprint density at radius 3 is 2.82 bits per heavy atom. The number of carbonyl (C=O) groups excluding carboxylic acids is 1. The minimum Gasteiger partial charge on any atom is -0.367 e. The molecule has 2 aliphatic heterocycles. The van der Waals surface area contributed by atoms with Crippen LogP contribution in [-0.4, -0.2) is 49.1 Å². The Morgan fingerprint density at radius 2 is 2.18 bits per heavy atom. The van der Waals surface area contributed by atoms with Gasteiger partial charge in [-0.05, 0) is 25.7 Å². The molecule has 3 atom stereocenters. The summed E-state index contributed by atoms with van der Waals surface area (Å²) in [5.41, 5.74) is 0.971. The first-order valence-corrected chi connectivity index (χ1v) is 9.50. The topological polar surface area (TPSA) is 68.0 Å². The summed E-state index contributed by atoms with van der Waals surface area (Å²) in [6, 6.07) is -0.562. The number of anilines is 1. The third kappa shape index (κ3) is 3.24. The molecule has 1 N–H and O–H groups in total. The molecular weight excluding hydrogens is 373 g/mol. The van der Waals surface area contributed by atoms with Gasteiger partial charge in [-0.15, -0.1) is 0 Å². The van der Waals surface area contributed by atoms with Gasteiger partial charge in [0, 0.05) is 31.9 Å². The van der Waals surface area contributed by atoms with Gasteiger partial charge in [0.2, 0.25) is 0 Å². The number of nitrogens with zero attached hydrogens (tertiary/aromatic N) is 5. The molecule has 4 heterocycles. The van der Waals surface area contributed by atoms with Gasteiger partial charge in [-0.2, -0.15) is 23.4 Å². The summed E-state index contributed by atoms with van der Waals surface area (Å²) in [7, 11) is 1.73. The lowest BCUT2D eigenvalue weighted by atomic mass is 10.0. The van der Waals surface area contributed by atoms with Crippen LogP contribution < -0.4 is 5.32 Å². The second-order valence-electron chi connectivity index (χ2n) is 7.50. The molecule has 1 amide bonds. The molecule has 0 aliphatic carbocycles. The van der Waals surface area contributed by atoms with E-state index in [9.17, 15) is 18.0 Å². The predicted molar refractivity (Wildman–Crippen MR) is 95.9 cm³/mol. The fourth-order valence-corrected chi connectivity index (χ4v) is 4.11. The Kier molecular flexibility index (Phi) is 4.59. The lowest BCUT2D eigenvalue weighted by molar-refractivity contribution is -0.173. The SMILES string of the molecule is CC[C@@H]1C[C@H](C(F)(F)F)n2nc([C@@H]3CCCN3C(=O)c3cnn(C)c3)cc2N1. The largest absolute Gasteiger partial charge is 0.410 e. The van der Waals surface area contributed by atoms with Crippen LogP contribution in [0.25, 0.3) is 0 Å². The summed E-state index contributed by atoms with van der Waals surface area (Å²) in [5, 5.41) is 11.5. The number of rotatable bonds is 3. The van der Waals surface area contributed by atoms with E-state index in [-0.39, 0.29) is 24.4 Å². The van der Waals surface area contributed by atoms with Crippen LogP contribution in [0.1, 0.15) is 60.7 Å². The standard InChI is InChI=1S/C18H23F3N6O/c1-3-12-7-15(18(19,20)21)27-16(23-12)8-13(24-27)14-5-4-6-26(14)17(28)11-9-22-25(2)10-11/h8-10,12,14-15,23H,3-7H2,1-2H3/t12-,14+,15-/m1/s1. The number of hydrogen-bond donors (Lipinski definition) is 1. The number of alkyl halides is 3. The van der Waals surface area contributed by atoms with Gasteiger partial charge < -0.3 is 10.2 Å². The fraction of sp³-hybridized carbons (Fsp3) is 0.611. The average Bonchev–Trinajstić information content (AvgIpc) is 3.37. The minimum absolute atomic E-state index is 0.0445. The van der Waals surface area contributed by atoms with Crippen LogP contribution in [0, 0.1) is 0 Å². The molecule has 152 valence electrons. The van der Waals surface area contributed by atoms with Gasteiger partial charge in [-0.3, -0.25) is 9.48 Å². The van der Waals surface area contributed by atoms with Gasteiger partial charge >= 0.3 is 6.18 Å². The van der Waals surface area contributed by atoms with Crippen molar-refractivity contribution in [2.24, 2.45) is 7.05 Å². The van der Waals surface area contributed by atoms with E-state index >= 15 is 0 Å². The number of fused-ring (bicyclic) bond motifs is 1. The van der Waals surface area contributed by atoms with Gasteiger partial charge in [-0.1, -0.05) is 6.92 Å². The number of carbonyl (C=O) groups is 1. The van der Waals surface area contributed by atoms with Crippen LogP contribution in [-0.2, 0) is 7.05 Å². The van der Waals surface area contributed by atoms with E-state index in [1.54, 1.807) is 28.9 Å². The zero-order valence-corrected chi connectivity index (χ0v) is 15.8. The van der Waals surface area contributed by atoms with Crippen LogP contribution in [0.4, 0.5) is 19.0 Å². The summed E-state index contributed by atoms with van der Waals surface area (Å²) in [5.74, 6) is 0.199. The maximum Gasteiger partial charge on any atom is 0.410 e. The Morgan fingerprint density at radius 1 is 1.39 bits per heavy atom. The molecule has 2 aromatic heterocycles. The van der Waals surface area contributed by atoms with Crippen molar-refractivity contribution in [3.63, 3.8) is 0 Å². The molecular formula is C18H23F3N6O. The normalized spacial score (nSPS) is 24.9. The Hall–Kier alpha value is -2.52. The van der Waals surface area contributed by atoms with Crippen molar-refractivity contribution in [2.75, 3.05) is 11.9 Å². The summed E-state index contributed by atoms with van der Waals surface area (Å²) in [6.07, 6.45) is 0.794. The van der Waals surface area contributed by atoms with Crippen LogP contribution in [0.3, 0.4) is 0 Å². The van der Waals surface area contributed by atoms with Crippen LogP contribution >= 0.6 is 0 Å². The van der Waals surface area contributed by atoms with E-state index in [0.29, 0.717) is 36.5 Å². The predicted octanol–water partition coefficient (Wildman–Crippen LogP) is 3.29. The van der Waals surface area contributed by atoms with Crippen molar-refractivity contribution in [2.45, 2.75) is 56.9 Å². The molecule has 1 fully saturated rings. The molecule has 10 heteroatoms. The van der Waals surface area contributed by atoms with Crippen molar-refractivity contribution in [3.05, 3.63) is 29.7 Å². The second-order valence-corrected chi connectivity index (χ2v) is 7.50. The lowest BCUT2D eigenvalue weighted by Crippen LogP contribution is -2.39. The molecule has 28 heavy (non-hydrogen) atoms. The highest BCUT2D eigenvalue weighted by molar-refractivity contribution is 5.94. The molecule has 0 bridgehead atoms. The Labute approximate surface area is 160 Å². The number of aryl methyl sites for hydroxylation is 1. The van der Waals surface area contributed by atoms with Crippen molar-refractivity contribution in [1.82, 2.24) is 24.5 Å². The number of nitrogens with one attached hydrogen (secondary N) is 1. The summed E-state index contributed by atoms with van der Waals surface area (Å²) in [4.78, 5) is 14.5. The average molecular weight is 396 g/mol. The first kappa shape index (κ1) is 18.8. The number of halogens is 3. The lowest BCUT2D eigenvalue weighted by Gasteiger charge is -2.32. The van der Waals surface area contributed by atoms with E-state index in [0.717, 1.165) is 11.1 Å². The maximum absolute atomic E-state index is 13.6. The number of aromatic nitrogens is 4. The monoisotopic (exact) mass is 396 g/mol. The van der Waals surface area contributed by atoms with E-state index < -0.39 is 12.2 Å². The van der Waals surface area contributed by atoms with E-state index in [2.05, 4.69) is 15.5 Å². The molecule has 1 saturated heterocycles. The highest BCUT2D eigenvalue weighted by Crippen LogP contribution is 2.42. The third-order valence-electron chi connectivity index (χ3n) is 5.59. The summed E-state index contributed by atoms with van der Waals surface area (Å²) < 4.78 is 43.3. The first-order chi connectivity index (χ1) is 13.3. The van der Waals surface area contributed by atoms with Gasteiger partial charge in [0.25, 0.3) is 5.91 Å². The van der Waals surface area contributed by atoms with E-state index in [4.69, 9.17) is 0 Å². The van der Waals surface area contributed by atoms with Gasteiger partial charge in [0.1, 0.15) is 5.82 Å². The number of amides is 1. The second kappa shape index (κ2) is 6.82. The number of likely N-dealkylation sites (tertiary alicyclic amines) is 1. The Balaban J connectivity index is 1.64. The molecule has 0 spiro atoms. The maximum atomic E-state index is 13.6. The number of hydrogen-bond acceptors (Lipinski definition) is 4. The van der Waals surface area contributed by atoms with Crippen LogP contribution in [0.5, 0.6) is 0 Å². The summed E-state index contributed by atoms with van der Waals surface area (Å²) in [6.45, 7) is 2.41. The highest BCUT2D eigenvalue weighted by Gasteiger charge is 2.46. The molecule has 0 saturated carbocycles. The van der Waals surface area contributed by atoms with E-state index in [1.165, 1.54) is 6.20 Å². The Bertz CT molecular complexity index is 873. The van der Waals surface area contributed by atoms with E-state index in [1.807, 2.05) is 6.92 Å². The molecule has 0 radical (unpaired) electrons. The van der Waals surface area contributed by atoms with Crippen molar-refractivity contribution in [3.8, 4) is 0 Å². The molecule has 2 aromatic rings. The van der Waals surface area contributed by atoms with Gasteiger partial charge in [0.05, 0.1) is 23.5 Å². The fourth-order valence-electron chi connectivity index (χ4n) is 4.11. The van der Waals surface area contributed by atoms with Gasteiger partial charge in [0.15, 0.2) is 6.04 Å². The smallest absolute Gasteiger partial charge is 0.367 e. The van der Waals surface area contributed by atoms with Crippen molar-refractivity contribution >= 4 is 11.7 Å². The van der Waals surface area contributed by atoms with Crippen molar-refractivity contribution < 1.29 is 18.0 Å². The summed E-state index contributed by atoms with van der Waals surface area (Å²) >= 11 is 0. The molecule has 4 rings (SSSR count). The molecule has 0 aromatic carbocycles. The molecule has 7 nitrogen and oxygen atoms in total. The van der Waals surface area contributed by atoms with Crippen molar-refractivity contribution in [1.29, 1.82) is 0 Å². The van der Waals surface area contributed by atoms with Crippen LogP contribution in [0.2, 0.25) is 0 Å². The first-order valence-electron chi connectivity index (χ1n) is 9.50. The molecule has 0 unspecified atom stereocenters. The third-order valence-corrected chi connectivity index (χ3v) is 5.59. The minimum atomic E-state index is -4.37. The quantitative estimate of drug-likeness (QED) is 0.865.